The Morgan fingerprint density at radius 1 is 1.27 bits per heavy atom. The van der Waals surface area contributed by atoms with E-state index in [1.807, 2.05) is 12.1 Å². The number of hydrogen-bond donors (Lipinski definition) is 0. The van der Waals surface area contributed by atoms with Gasteiger partial charge >= 0.3 is 0 Å². The fourth-order valence-corrected chi connectivity index (χ4v) is 5.82. The molecule has 3 amide bonds. The summed E-state index contributed by atoms with van der Waals surface area (Å²) in [5.74, 6) is 0.0573. The first-order chi connectivity index (χ1) is 12.4. The zero-order valence-corrected chi connectivity index (χ0v) is 19.1. The molecule has 6 nitrogen and oxygen atoms in total. The standard InChI is InChI=1S/C17H16I2N2O4S/c1-25-15-10(6-11(18)8-12(15)19)7-13-16(23)21(17(24)26-13)9-14(22)20-4-2-3-5-20/h6-8H,2-5,9H2,1H3/b13-7-. The zero-order valence-electron chi connectivity index (χ0n) is 14.0. The van der Waals surface area contributed by atoms with Gasteiger partial charge in [0.15, 0.2) is 0 Å². The number of thioether (sulfide) groups is 1. The van der Waals surface area contributed by atoms with Gasteiger partial charge in [-0.3, -0.25) is 19.3 Å². The Hall–Kier alpha value is -0.820. The minimum Gasteiger partial charge on any atom is -0.495 e. The average Bonchev–Trinajstić information content (AvgIpc) is 3.19. The van der Waals surface area contributed by atoms with Crippen LogP contribution < -0.4 is 4.74 Å². The first-order valence-electron chi connectivity index (χ1n) is 7.97. The third kappa shape index (κ3) is 4.19. The van der Waals surface area contributed by atoms with Crippen molar-refractivity contribution in [3.8, 4) is 5.75 Å². The first kappa shape index (κ1) is 19.9. The van der Waals surface area contributed by atoms with E-state index in [2.05, 4.69) is 45.2 Å². The largest absolute Gasteiger partial charge is 0.495 e. The molecule has 0 bridgehead atoms. The summed E-state index contributed by atoms with van der Waals surface area (Å²) in [6, 6.07) is 3.86. The van der Waals surface area contributed by atoms with Gasteiger partial charge in [0.05, 0.1) is 15.6 Å². The Bertz CT molecular complexity index is 806. The van der Waals surface area contributed by atoms with Crippen molar-refractivity contribution in [1.82, 2.24) is 9.80 Å². The number of likely N-dealkylation sites (tertiary alicyclic amines) is 1. The van der Waals surface area contributed by atoms with E-state index in [-0.39, 0.29) is 12.5 Å². The number of imide groups is 1. The fourth-order valence-electron chi connectivity index (χ4n) is 2.88. The molecule has 2 aliphatic rings. The Balaban J connectivity index is 1.82. The summed E-state index contributed by atoms with van der Waals surface area (Å²) in [5.41, 5.74) is 0.736. The van der Waals surface area contributed by atoms with Crippen LogP contribution in [0, 0.1) is 7.14 Å². The molecule has 26 heavy (non-hydrogen) atoms. The minimum absolute atomic E-state index is 0.174. The molecule has 2 fully saturated rings. The van der Waals surface area contributed by atoms with Gasteiger partial charge in [0.25, 0.3) is 11.1 Å². The molecular weight excluding hydrogens is 582 g/mol. The highest BCUT2D eigenvalue weighted by atomic mass is 127. The van der Waals surface area contributed by atoms with Crippen molar-refractivity contribution in [1.29, 1.82) is 0 Å². The minimum atomic E-state index is -0.427. The number of rotatable bonds is 4. The van der Waals surface area contributed by atoms with E-state index in [0.29, 0.717) is 23.7 Å². The number of halogens is 2. The van der Waals surface area contributed by atoms with Gasteiger partial charge in [-0.2, -0.15) is 0 Å². The summed E-state index contributed by atoms with van der Waals surface area (Å²) >= 11 is 5.22. The highest BCUT2D eigenvalue weighted by Gasteiger charge is 2.37. The van der Waals surface area contributed by atoms with E-state index >= 15 is 0 Å². The molecule has 0 radical (unpaired) electrons. The molecule has 9 heteroatoms. The molecule has 0 aromatic heterocycles. The molecule has 1 aromatic rings. The quantitative estimate of drug-likeness (QED) is 0.392. The molecule has 0 saturated carbocycles. The van der Waals surface area contributed by atoms with Crippen LogP contribution in [0.15, 0.2) is 17.0 Å². The number of hydrogen-bond acceptors (Lipinski definition) is 5. The lowest BCUT2D eigenvalue weighted by molar-refractivity contribution is -0.135. The monoisotopic (exact) mass is 598 g/mol. The smallest absolute Gasteiger partial charge is 0.294 e. The topological polar surface area (TPSA) is 66.9 Å². The molecule has 3 rings (SSSR count). The van der Waals surface area contributed by atoms with Gasteiger partial charge in [-0.25, -0.2) is 0 Å². The van der Waals surface area contributed by atoms with Crippen LogP contribution in [-0.4, -0.2) is 53.6 Å². The molecule has 0 aliphatic carbocycles. The molecule has 0 unspecified atom stereocenters. The summed E-state index contributed by atoms with van der Waals surface area (Å²) < 4.78 is 7.35. The van der Waals surface area contributed by atoms with Gasteiger partial charge in [0, 0.05) is 22.2 Å². The van der Waals surface area contributed by atoms with Crippen LogP contribution in [0.2, 0.25) is 0 Å². The first-order valence-corrected chi connectivity index (χ1v) is 10.9. The van der Waals surface area contributed by atoms with Crippen LogP contribution in [-0.2, 0) is 9.59 Å². The molecule has 0 N–H and O–H groups in total. The summed E-state index contributed by atoms with van der Waals surface area (Å²) in [7, 11) is 1.57. The number of amides is 3. The number of benzene rings is 1. The summed E-state index contributed by atoms with van der Waals surface area (Å²) in [6.07, 6.45) is 3.60. The zero-order chi connectivity index (χ0) is 18.8. The van der Waals surface area contributed by atoms with Crippen LogP contribution in [0.4, 0.5) is 4.79 Å². The van der Waals surface area contributed by atoms with Crippen LogP contribution >= 0.6 is 56.9 Å². The number of carbonyl (C=O) groups is 3. The van der Waals surface area contributed by atoms with Crippen molar-refractivity contribution in [2.75, 3.05) is 26.7 Å². The van der Waals surface area contributed by atoms with E-state index in [1.54, 1.807) is 18.1 Å². The summed E-state index contributed by atoms with van der Waals surface area (Å²) in [4.78, 5) is 40.2. The van der Waals surface area contributed by atoms with Crippen molar-refractivity contribution >= 4 is 80.1 Å². The van der Waals surface area contributed by atoms with Crippen molar-refractivity contribution in [2.24, 2.45) is 0 Å². The van der Waals surface area contributed by atoms with Crippen molar-refractivity contribution in [3.63, 3.8) is 0 Å². The Labute approximate surface area is 183 Å². The van der Waals surface area contributed by atoms with Gasteiger partial charge in [0.1, 0.15) is 12.3 Å². The maximum Gasteiger partial charge on any atom is 0.294 e. The second-order valence-corrected chi connectivity index (χ2v) is 9.27. The second kappa shape index (κ2) is 8.46. The molecule has 2 saturated heterocycles. The van der Waals surface area contributed by atoms with E-state index in [1.165, 1.54) is 0 Å². The maximum absolute atomic E-state index is 12.6. The molecule has 138 valence electrons. The third-order valence-electron chi connectivity index (χ3n) is 4.15. The molecule has 2 aliphatic heterocycles. The molecule has 1 aromatic carbocycles. The average molecular weight is 598 g/mol. The summed E-state index contributed by atoms with van der Waals surface area (Å²) in [5, 5.41) is -0.409. The number of methoxy groups -OCH3 is 1. The van der Waals surface area contributed by atoms with Gasteiger partial charge < -0.3 is 9.64 Å². The normalized spacial score (nSPS) is 19.0. The highest BCUT2D eigenvalue weighted by Crippen LogP contribution is 2.36. The summed E-state index contributed by atoms with van der Waals surface area (Å²) in [6.45, 7) is 1.20. The van der Waals surface area contributed by atoms with Gasteiger partial charge in [-0.05, 0) is 88.0 Å². The molecule has 2 heterocycles. The maximum atomic E-state index is 12.6. The van der Waals surface area contributed by atoms with E-state index in [0.717, 1.165) is 42.2 Å². The van der Waals surface area contributed by atoms with Crippen molar-refractivity contribution in [2.45, 2.75) is 12.8 Å². The predicted octanol–water partition coefficient (Wildman–Crippen LogP) is 3.56. The SMILES string of the molecule is COc1c(I)cc(I)cc1/C=C1\SC(=O)N(CC(=O)N2CCCC2)C1=O. The molecule has 0 atom stereocenters. The molecular formula is C17H16I2N2O4S. The van der Waals surface area contributed by atoms with Gasteiger partial charge in [-0.15, -0.1) is 0 Å². The van der Waals surface area contributed by atoms with Crippen LogP contribution in [0.5, 0.6) is 5.75 Å². The lowest BCUT2D eigenvalue weighted by Gasteiger charge is -2.18. The van der Waals surface area contributed by atoms with Gasteiger partial charge in [-0.1, -0.05) is 0 Å². The Morgan fingerprint density at radius 2 is 1.96 bits per heavy atom. The van der Waals surface area contributed by atoms with Crippen molar-refractivity contribution in [3.05, 3.63) is 29.7 Å². The van der Waals surface area contributed by atoms with E-state index < -0.39 is 11.1 Å². The highest BCUT2D eigenvalue weighted by molar-refractivity contribution is 14.1. The fraction of sp³-hybridized carbons (Fsp3) is 0.353. The molecule has 0 spiro atoms. The van der Waals surface area contributed by atoms with E-state index in [9.17, 15) is 14.4 Å². The lowest BCUT2D eigenvalue weighted by Crippen LogP contribution is -2.40. The van der Waals surface area contributed by atoms with Crippen LogP contribution in [0.1, 0.15) is 18.4 Å². The predicted molar refractivity (Wildman–Crippen MR) is 117 cm³/mol. The number of carbonyl (C=O) groups excluding carboxylic acids is 3. The number of ether oxygens (including phenoxy) is 1. The Kier molecular flexibility index (Phi) is 6.49. The van der Waals surface area contributed by atoms with Crippen LogP contribution in [0.3, 0.4) is 0 Å². The van der Waals surface area contributed by atoms with Crippen molar-refractivity contribution < 1.29 is 19.1 Å². The van der Waals surface area contributed by atoms with E-state index in [4.69, 9.17) is 4.74 Å². The third-order valence-corrected chi connectivity index (χ3v) is 6.49. The second-order valence-electron chi connectivity index (χ2n) is 5.87. The Morgan fingerprint density at radius 3 is 2.62 bits per heavy atom. The van der Waals surface area contributed by atoms with Crippen LogP contribution in [0.25, 0.3) is 6.08 Å². The lowest BCUT2D eigenvalue weighted by atomic mass is 10.2. The number of nitrogens with zero attached hydrogens (tertiary/aromatic N) is 2. The van der Waals surface area contributed by atoms with Gasteiger partial charge in [0.2, 0.25) is 5.91 Å².